The number of esters is 1. The SMILES string of the molecule is CCOC(=O)[C@@H](NC(=O)COc1ccccc1C)c1c(C)nn(-c2ccccc2)c1C. The maximum atomic E-state index is 12.7. The van der Waals surface area contributed by atoms with E-state index in [1.807, 2.05) is 69.3 Å². The van der Waals surface area contributed by atoms with E-state index in [0.29, 0.717) is 17.0 Å². The van der Waals surface area contributed by atoms with Crippen LogP contribution in [-0.4, -0.2) is 34.9 Å². The number of aromatic nitrogens is 2. The van der Waals surface area contributed by atoms with E-state index in [1.165, 1.54) is 0 Å². The molecule has 0 radical (unpaired) electrons. The third-order valence-electron chi connectivity index (χ3n) is 4.92. The van der Waals surface area contributed by atoms with Crippen molar-refractivity contribution in [3.8, 4) is 11.4 Å². The van der Waals surface area contributed by atoms with Gasteiger partial charge in [0.05, 0.1) is 18.0 Å². The average Bonchev–Trinajstić information content (AvgIpc) is 3.06. The lowest BCUT2D eigenvalue weighted by Crippen LogP contribution is -2.38. The lowest BCUT2D eigenvalue weighted by molar-refractivity contribution is -0.147. The fourth-order valence-electron chi connectivity index (χ4n) is 3.43. The van der Waals surface area contributed by atoms with Crippen molar-refractivity contribution in [1.29, 1.82) is 0 Å². The van der Waals surface area contributed by atoms with Crippen LogP contribution < -0.4 is 10.1 Å². The van der Waals surface area contributed by atoms with E-state index in [1.54, 1.807) is 17.7 Å². The Kier molecular flexibility index (Phi) is 7.07. The normalized spacial score (nSPS) is 11.6. The molecule has 2 aromatic carbocycles. The van der Waals surface area contributed by atoms with Gasteiger partial charge in [0.2, 0.25) is 0 Å². The van der Waals surface area contributed by atoms with Crippen molar-refractivity contribution in [1.82, 2.24) is 15.1 Å². The van der Waals surface area contributed by atoms with Gasteiger partial charge in [0.15, 0.2) is 12.6 Å². The molecule has 3 aromatic rings. The van der Waals surface area contributed by atoms with Crippen molar-refractivity contribution in [3.05, 3.63) is 77.1 Å². The largest absolute Gasteiger partial charge is 0.484 e. The number of hydrogen-bond acceptors (Lipinski definition) is 5. The average molecular weight is 421 g/mol. The maximum absolute atomic E-state index is 12.7. The van der Waals surface area contributed by atoms with Crippen LogP contribution in [0.15, 0.2) is 54.6 Å². The minimum absolute atomic E-state index is 0.204. The van der Waals surface area contributed by atoms with Crippen LogP contribution in [0.4, 0.5) is 0 Å². The molecular weight excluding hydrogens is 394 g/mol. The standard InChI is InChI=1S/C24H27N3O4/c1-5-30-24(29)23(25-21(28)15-31-20-14-10-9-11-16(20)2)22-17(3)26-27(18(22)4)19-12-7-6-8-13-19/h6-14,23H,5,15H2,1-4H3,(H,25,28)/t23-/m0/s1. The summed E-state index contributed by atoms with van der Waals surface area (Å²) in [6.45, 7) is 7.29. The second kappa shape index (κ2) is 9.93. The predicted molar refractivity (Wildman–Crippen MR) is 117 cm³/mol. The lowest BCUT2D eigenvalue weighted by atomic mass is 10.0. The molecule has 0 aliphatic rings. The summed E-state index contributed by atoms with van der Waals surface area (Å²) < 4.78 is 12.6. The van der Waals surface area contributed by atoms with Crippen molar-refractivity contribution in [3.63, 3.8) is 0 Å². The minimum atomic E-state index is -0.981. The molecule has 162 valence electrons. The molecule has 0 aliphatic carbocycles. The van der Waals surface area contributed by atoms with E-state index in [4.69, 9.17) is 9.47 Å². The molecule has 0 bridgehead atoms. The fraction of sp³-hybridized carbons (Fsp3) is 0.292. The Morgan fingerprint density at radius 2 is 1.71 bits per heavy atom. The van der Waals surface area contributed by atoms with Crippen LogP contribution >= 0.6 is 0 Å². The zero-order chi connectivity index (χ0) is 22.4. The fourth-order valence-corrected chi connectivity index (χ4v) is 3.43. The zero-order valence-corrected chi connectivity index (χ0v) is 18.2. The van der Waals surface area contributed by atoms with Gasteiger partial charge in [-0.2, -0.15) is 5.10 Å². The van der Waals surface area contributed by atoms with Crippen molar-refractivity contribution >= 4 is 11.9 Å². The molecule has 1 atom stereocenters. The highest BCUT2D eigenvalue weighted by Crippen LogP contribution is 2.25. The molecule has 1 heterocycles. The minimum Gasteiger partial charge on any atom is -0.484 e. The number of nitrogens with zero attached hydrogens (tertiary/aromatic N) is 2. The Hall–Kier alpha value is -3.61. The van der Waals surface area contributed by atoms with E-state index in [2.05, 4.69) is 10.4 Å². The number of nitrogens with one attached hydrogen (secondary N) is 1. The first-order chi connectivity index (χ1) is 14.9. The Bertz CT molecular complexity index is 1060. The number of ether oxygens (including phenoxy) is 2. The molecule has 0 spiro atoms. The van der Waals surface area contributed by atoms with E-state index in [9.17, 15) is 9.59 Å². The van der Waals surface area contributed by atoms with Gasteiger partial charge < -0.3 is 14.8 Å². The van der Waals surface area contributed by atoms with E-state index in [0.717, 1.165) is 16.9 Å². The summed E-state index contributed by atoms with van der Waals surface area (Å²) in [6, 6.07) is 16.1. The van der Waals surface area contributed by atoms with Gasteiger partial charge in [-0.15, -0.1) is 0 Å². The van der Waals surface area contributed by atoms with Crippen LogP contribution in [0.3, 0.4) is 0 Å². The quantitative estimate of drug-likeness (QED) is 0.562. The number of amides is 1. The Balaban J connectivity index is 1.85. The van der Waals surface area contributed by atoms with Crippen LogP contribution in [0.25, 0.3) is 5.69 Å². The molecule has 0 saturated heterocycles. The number of rotatable bonds is 8. The predicted octanol–water partition coefficient (Wildman–Crippen LogP) is 3.60. The zero-order valence-electron chi connectivity index (χ0n) is 18.2. The molecule has 1 N–H and O–H groups in total. The van der Waals surface area contributed by atoms with E-state index < -0.39 is 17.9 Å². The smallest absolute Gasteiger partial charge is 0.333 e. The van der Waals surface area contributed by atoms with Gasteiger partial charge >= 0.3 is 5.97 Å². The van der Waals surface area contributed by atoms with E-state index >= 15 is 0 Å². The Morgan fingerprint density at radius 3 is 2.39 bits per heavy atom. The topological polar surface area (TPSA) is 82.4 Å². The number of benzene rings is 2. The van der Waals surface area contributed by atoms with Crippen LogP contribution in [0.2, 0.25) is 0 Å². The number of aryl methyl sites for hydroxylation is 2. The highest BCUT2D eigenvalue weighted by atomic mass is 16.5. The van der Waals surface area contributed by atoms with Gasteiger partial charge in [-0.25, -0.2) is 9.48 Å². The van der Waals surface area contributed by atoms with Crippen molar-refractivity contribution in [2.24, 2.45) is 0 Å². The number of carbonyl (C=O) groups excluding carboxylic acids is 2. The lowest BCUT2D eigenvalue weighted by Gasteiger charge is -2.18. The van der Waals surface area contributed by atoms with Crippen molar-refractivity contribution in [2.75, 3.05) is 13.2 Å². The molecule has 1 aromatic heterocycles. The summed E-state index contributed by atoms with van der Waals surface area (Å²) >= 11 is 0. The molecule has 7 nitrogen and oxygen atoms in total. The second-order valence-corrected chi connectivity index (χ2v) is 7.14. The van der Waals surface area contributed by atoms with Crippen LogP contribution in [0.5, 0.6) is 5.75 Å². The summed E-state index contributed by atoms with van der Waals surface area (Å²) in [7, 11) is 0. The summed E-state index contributed by atoms with van der Waals surface area (Å²) in [5.41, 5.74) is 3.80. The molecule has 1 amide bonds. The molecule has 0 aliphatic heterocycles. The molecule has 3 rings (SSSR count). The van der Waals surface area contributed by atoms with Gasteiger partial charge in [0.25, 0.3) is 5.91 Å². The summed E-state index contributed by atoms with van der Waals surface area (Å²) in [5, 5.41) is 7.34. The van der Waals surface area contributed by atoms with Crippen LogP contribution in [-0.2, 0) is 14.3 Å². The van der Waals surface area contributed by atoms with Crippen molar-refractivity contribution < 1.29 is 19.1 Å². The van der Waals surface area contributed by atoms with Gasteiger partial charge in [0.1, 0.15) is 5.75 Å². The molecule has 0 saturated carbocycles. The monoisotopic (exact) mass is 421 g/mol. The van der Waals surface area contributed by atoms with Gasteiger partial charge in [-0.3, -0.25) is 4.79 Å². The highest BCUT2D eigenvalue weighted by molar-refractivity contribution is 5.86. The summed E-state index contributed by atoms with van der Waals surface area (Å²) in [4.78, 5) is 25.4. The number of hydrogen-bond donors (Lipinski definition) is 1. The molecule has 0 fully saturated rings. The first kappa shape index (κ1) is 22.1. The Labute approximate surface area is 182 Å². The number of para-hydroxylation sites is 2. The second-order valence-electron chi connectivity index (χ2n) is 7.14. The van der Waals surface area contributed by atoms with Gasteiger partial charge in [0, 0.05) is 11.3 Å². The molecule has 31 heavy (non-hydrogen) atoms. The molecule has 7 heteroatoms. The molecule has 0 unspecified atom stereocenters. The third kappa shape index (κ3) is 5.12. The van der Waals surface area contributed by atoms with Crippen LogP contribution in [0, 0.1) is 20.8 Å². The summed E-state index contributed by atoms with van der Waals surface area (Å²) in [6.07, 6.45) is 0. The van der Waals surface area contributed by atoms with Crippen LogP contribution in [0.1, 0.15) is 35.5 Å². The molecular formula is C24H27N3O4. The maximum Gasteiger partial charge on any atom is 0.333 e. The first-order valence-corrected chi connectivity index (χ1v) is 10.2. The van der Waals surface area contributed by atoms with Crippen molar-refractivity contribution in [2.45, 2.75) is 33.7 Å². The van der Waals surface area contributed by atoms with Gasteiger partial charge in [-0.05, 0) is 51.5 Å². The summed E-state index contributed by atoms with van der Waals surface area (Å²) in [5.74, 6) is -0.340. The first-order valence-electron chi connectivity index (χ1n) is 10.2. The number of carbonyl (C=O) groups is 2. The third-order valence-corrected chi connectivity index (χ3v) is 4.92. The highest BCUT2D eigenvalue weighted by Gasteiger charge is 2.30. The Morgan fingerprint density at radius 1 is 1.03 bits per heavy atom. The van der Waals surface area contributed by atoms with E-state index in [-0.39, 0.29) is 13.2 Å². The van der Waals surface area contributed by atoms with Gasteiger partial charge in [-0.1, -0.05) is 36.4 Å².